The summed E-state index contributed by atoms with van der Waals surface area (Å²) in [6.45, 7) is 5.85. The molecule has 6 heteroatoms. The van der Waals surface area contributed by atoms with Gasteiger partial charge in [0.25, 0.3) is 0 Å². The van der Waals surface area contributed by atoms with E-state index in [0.717, 1.165) is 4.47 Å². The Balaban J connectivity index is 2.61. The van der Waals surface area contributed by atoms with Crippen molar-refractivity contribution in [1.82, 2.24) is 4.98 Å². The predicted octanol–water partition coefficient (Wildman–Crippen LogP) is 4.84. The molecule has 0 bridgehead atoms. The van der Waals surface area contributed by atoms with Gasteiger partial charge < -0.3 is 9.15 Å². The molecule has 21 heavy (non-hydrogen) atoms. The Morgan fingerprint density at radius 1 is 1.38 bits per heavy atom. The van der Waals surface area contributed by atoms with E-state index in [4.69, 9.17) is 20.8 Å². The van der Waals surface area contributed by atoms with Gasteiger partial charge in [0.2, 0.25) is 11.7 Å². The van der Waals surface area contributed by atoms with Crippen molar-refractivity contribution in [3.05, 3.63) is 39.1 Å². The molecule has 0 aliphatic rings. The highest BCUT2D eigenvalue weighted by atomic mass is 79.9. The smallest absolute Gasteiger partial charge is 0.376 e. The Bertz CT molecular complexity index is 689. The zero-order valence-corrected chi connectivity index (χ0v) is 14.5. The lowest BCUT2D eigenvalue weighted by Gasteiger charge is -2.15. The van der Waals surface area contributed by atoms with Gasteiger partial charge >= 0.3 is 5.97 Å². The second kappa shape index (κ2) is 5.81. The maximum atomic E-state index is 11.9. The van der Waals surface area contributed by atoms with Crippen molar-refractivity contribution < 1.29 is 13.9 Å². The van der Waals surface area contributed by atoms with E-state index in [9.17, 15) is 4.79 Å². The number of rotatable bonds is 2. The van der Waals surface area contributed by atoms with Crippen LogP contribution >= 0.6 is 27.5 Å². The molecular formula is C15H15BrClNO3. The second-order valence-electron chi connectivity index (χ2n) is 5.56. The van der Waals surface area contributed by atoms with Crippen LogP contribution in [-0.2, 0) is 10.2 Å². The van der Waals surface area contributed by atoms with Crippen LogP contribution in [0, 0.1) is 0 Å². The van der Waals surface area contributed by atoms with Crippen molar-refractivity contribution in [2.75, 3.05) is 7.11 Å². The minimum atomic E-state index is -0.549. The van der Waals surface area contributed by atoms with Gasteiger partial charge in [-0.1, -0.05) is 48.3 Å². The zero-order chi connectivity index (χ0) is 15.8. The van der Waals surface area contributed by atoms with Gasteiger partial charge in [0, 0.05) is 9.89 Å². The van der Waals surface area contributed by atoms with Crippen LogP contribution in [0.2, 0.25) is 5.02 Å². The Kier molecular flexibility index (Phi) is 4.44. The third kappa shape index (κ3) is 3.30. The van der Waals surface area contributed by atoms with Gasteiger partial charge in [0.1, 0.15) is 5.69 Å². The third-order valence-electron chi connectivity index (χ3n) is 2.87. The van der Waals surface area contributed by atoms with E-state index in [1.807, 2.05) is 26.8 Å². The van der Waals surface area contributed by atoms with Crippen LogP contribution in [0.15, 0.2) is 27.1 Å². The number of methoxy groups -OCH3 is 1. The Morgan fingerprint density at radius 2 is 2.05 bits per heavy atom. The van der Waals surface area contributed by atoms with Crippen LogP contribution in [0.5, 0.6) is 0 Å². The van der Waals surface area contributed by atoms with Gasteiger partial charge in [-0.3, -0.25) is 0 Å². The standard InChI is InChI=1S/C15H15BrClNO3/c1-15(2,3)12-11(14(19)20-4)21-13(18-12)9-6-5-8(16)7-10(9)17/h5-7H,1-4H3. The van der Waals surface area contributed by atoms with E-state index in [-0.39, 0.29) is 11.2 Å². The van der Waals surface area contributed by atoms with Gasteiger partial charge in [0.15, 0.2) is 0 Å². The molecule has 0 amide bonds. The molecule has 1 aromatic carbocycles. The van der Waals surface area contributed by atoms with Crippen LogP contribution in [0.25, 0.3) is 11.5 Å². The molecule has 0 spiro atoms. The summed E-state index contributed by atoms with van der Waals surface area (Å²) in [4.78, 5) is 16.3. The molecule has 0 atom stereocenters. The van der Waals surface area contributed by atoms with E-state index in [1.54, 1.807) is 12.1 Å². The molecule has 0 aliphatic carbocycles. The normalized spacial score (nSPS) is 11.5. The molecule has 0 fully saturated rings. The summed E-state index contributed by atoms with van der Waals surface area (Å²) in [6, 6.07) is 5.36. The number of hydrogen-bond acceptors (Lipinski definition) is 4. The first-order chi connectivity index (χ1) is 9.74. The van der Waals surface area contributed by atoms with Crippen molar-refractivity contribution in [3.63, 3.8) is 0 Å². The van der Waals surface area contributed by atoms with E-state index in [2.05, 4.69) is 20.9 Å². The molecule has 0 unspecified atom stereocenters. The zero-order valence-electron chi connectivity index (χ0n) is 12.2. The molecule has 0 saturated heterocycles. The molecule has 4 nitrogen and oxygen atoms in total. The fourth-order valence-corrected chi connectivity index (χ4v) is 2.59. The summed E-state index contributed by atoms with van der Waals surface area (Å²) in [6.07, 6.45) is 0. The number of hydrogen-bond donors (Lipinski definition) is 0. The molecule has 112 valence electrons. The highest BCUT2D eigenvalue weighted by molar-refractivity contribution is 9.10. The molecule has 0 radical (unpaired) electrons. The SMILES string of the molecule is COC(=O)c1oc(-c2ccc(Br)cc2Cl)nc1C(C)(C)C. The van der Waals surface area contributed by atoms with Gasteiger partial charge in [-0.05, 0) is 18.2 Å². The molecule has 0 N–H and O–H groups in total. The lowest BCUT2D eigenvalue weighted by atomic mass is 9.91. The first kappa shape index (κ1) is 16.0. The van der Waals surface area contributed by atoms with Crippen LogP contribution in [-0.4, -0.2) is 18.1 Å². The van der Waals surface area contributed by atoms with Crippen molar-refractivity contribution >= 4 is 33.5 Å². The van der Waals surface area contributed by atoms with Gasteiger partial charge in [-0.2, -0.15) is 0 Å². The fourth-order valence-electron chi connectivity index (χ4n) is 1.84. The van der Waals surface area contributed by atoms with Gasteiger partial charge in [0.05, 0.1) is 17.7 Å². The molecular weight excluding hydrogens is 358 g/mol. The first-order valence-electron chi connectivity index (χ1n) is 6.29. The average Bonchev–Trinajstić information content (AvgIpc) is 2.82. The summed E-state index contributed by atoms with van der Waals surface area (Å²) in [7, 11) is 1.31. The largest absolute Gasteiger partial charge is 0.463 e. The van der Waals surface area contributed by atoms with E-state index < -0.39 is 5.97 Å². The fraction of sp³-hybridized carbons (Fsp3) is 0.333. The Hall–Kier alpha value is -1.33. The van der Waals surface area contributed by atoms with E-state index in [1.165, 1.54) is 7.11 Å². The highest BCUT2D eigenvalue weighted by Gasteiger charge is 2.30. The minimum Gasteiger partial charge on any atom is -0.463 e. The predicted molar refractivity (Wildman–Crippen MR) is 84.7 cm³/mol. The lowest BCUT2D eigenvalue weighted by molar-refractivity contribution is 0.0562. The molecule has 0 aliphatic heterocycles. The van der Waals surface area contributed by atoms with Crippen molar-refractivity contribution in [2.45, 2.75) is 26.2 Å². The van der Waals surface area contributed by atoms with Crippen LogP contribution in [0.1, 0.15) is 37.0 Å². The third-order valence-corrected chi connectivity index (χ3v) is 3.68. The molecule has 2 rings (SSSR count). The number of carbonyl (C=O) groups excluding carboxylic acids is 1. The summed E-state index contributed by atoms with van der Waals surface area (Å²) in [5, 5.41) is 0.488. The Labute approximate surface area is 136 Å². The number of nitrogens with zero attached hydrogens (tertiary/aromatic N) is 1. The molecule has 1 heterocycles. The maximum absolute atomic E-state index is 11.9. The summed E-state index contributed by atoms with van der Waals surface area (Å²) < 4.78 is 11.2. The summed E-state index contributed by atoms with van der Waals surface area (Å²) in [5.74, 6) is -0.135. The van der Waals surface area contributed by atoms with Crippen LogP contribution < -0.4 is 0 Å². The number of carbonyl (C=O) groups is 1. The number of ether oxygens (including phenoxy) is 1. The van der Waals surface area contributed by atoms with E-state index >= 15 is 0 Å². The van der Waals surface area contributed by atoms with E-state index in [0.29, 0.717) is 22.2 Å². The quantitative estimate of drug-likeness (QED) is 0.708. The summed E-state index contributed by atoms with van der Waals surface area (Å²) >= 11 is 9.55. The highest BCUT2D eigenvalue weighted by Crippen LogP contribution is 2.34. The first-order valence-corrected chi connectivity index (χ1v) is 7.46. The van der Waals surface area contributed by atoms with Crippen molar-refractivity contribution in [2.24, 2.45) is 0 Å². The van der Waals surface area contributed by atoms with Crippen LogP contribution in [0.4, 0.5) is 0 Å². The van der Waals surface area contributed by atoms with Gasteiger partial charge in [-0.15, -0.1) is 0 Å². The van der Waals surface area contributed by atoms with Gasteiger partial charge in [-0.25, -0.2) is 9.78 Å². The number of halogens is 2. The van der Waals surface area contributed by atoms with Crippen LogP contribution in [0.3, 0.4) is 0 Å². The number of benzene rings is 1. The molecule has 2 aromatic rings. The number of esters is 1. The molecule has 1 aromatic heterocycles. The number of aromatic nitrogens is 1. The summed E-state index contributed by atoms with van der Waals surface area (Å²) in [5.41, 5.74) is 0.816. The minimum absolute atomic E-state index is 0.110. The van der Waals surface area contributed by atoms with Crippen molar-refractivity contribution in [3.8, 4) is 11.5 Å². The molecule has 0 saturated carbocycles. The Morgan fingerprint density at radius 3 is 2.57 bits per heavy atom. The van der Waals surface area contributed by atoms with Crippen molar-refractivity contribution in [1.29, 1.82) is 0 Å². The monoisotopic (exact) mass is 371 g/mol. The second-order valence-corrected chi connectivity index (χ2v) is 6.89. The lowest BCUT2D eigenvalue weighted by Crippen LogP contribution is -2.17. The average molecular weight is 373 g/mol. The topological polar surface area (TPSA) is 52.3 Å². The maximum Gasteiger partial charge on any atom is 0.376 e. The number of oxazole rings is 1.